The molecular formula is C20H22ClN3O3. The van der Waals surface area contributed by atoms with Gasteiger partial charge in [-0.2, -0.15) is 0 Å². The fourth-order valence-electron chi connectivity index (χ4n) is 2.97. The molecule has 1 aromatic carbocycles. The van der Waals surface area contributed by atoms with E-state index in [0.717, 1.165) is 18.8 Å². The first-order valence-corrected chi connectivity index (χ1v) is 9.40. The van der Waals surface area contributed by atoms with Crippen molar-refractivity contribution in [2.24, 2.45) is 0 Å². The maximum absolute atomic E-state index is 12.3. The van der Waals surface area contributed by atoms with Crippen LogP contribution in [-0.2, 0) is 9.53 Å². The number of nitrogens with one attached hydrogen (secondary N) is 1. The normalized spacial score (nSPS) is 15.1. The Kier molecular flexibility index (Phi) is 6.29. The van der Waals surface area contributed by atoms with Crippen LogP contribution in [0.3, 0.4) is 0 Å². The van der Waals surface area contributed by atoms with Crippen LogP contribution in [0, 0.1) is 0 Å². The Balaban J connectivity index is 1.56. The molecule has 1 amide bonds. The highest BCUT2D eigenvalue weighted by Crippen LogP contribution is 2.22. The molecular weight excluding hydrogens is 366 g/mol. The number of ether oxygens (including phenoxy) is 1. The Bertz CT molecular complexity index is 804. The van der Waals surface area contributed by atoms with Crippen molar-refractivity contribution < 1.29 is 14.3 Å². The standard InChI is InChI=1S/C20H22ClN3O3/c1-14(27-20(26)17-6-5-11-22-18(17)21)19(25)23-15-7-9-16(10-8-15)24-12-3-2-4-13-24/h5-11,14H,2-4,12-13H2,1H3,(H,23,25)/t14-/m1/s1. The number of carbonyl (C=O) groups excluding carboxylic acids is 2. The molecule has 2 heterocycles. The molecule has 2 aromatic rings. The topological polar surface area (TPSA) is 71.5 Å². The zero-order valence-electron chi connectivity index (χ0n) is 15.2. The molecule has 1 aliphatic rings. The molecule has 1 aromatic heterocycles. The lowest BCUT2D eigenvalue weighted by atomic mass is 10.1. The van der Waals surface area contributed by atoms with Gasteiger partial charge in [-0.3, -0.25) is 4.79 Å². The van der Waals surface area contributed by atoms with E-state index in [4.69, 9.17) is 16.3 Å². The van der Waals surface area contributed by atoms with E-state index >= 15 is 0 Å². The van der Waals surface area contributed by atoms with E-state index < -0.39 is 18.0 Å². The first kappa shape index (κ1) is 19.2. The van der Waals surface area contributed by atoms with Crippen molar-refractivity contribution in [2.45, 2.75) is 32.3 Å². The summed E-state index contributed by atoms with van der Waals surface area (Å²) in [5, 5.41) is 2.80. The minimum absolute atomic E-state index is 0.0448. The highest BCUT2D eigenvalue weighted by Gasteiger charge is 2.21. The van der Waals surface area contributed by atoms with Crippen molar-refractivity contribution in [1.82, 2.24) is 4.98 Å². The van der Waals surface area contributed by atoms with Crippen molar-refractivity contribution in [3.63, 3.8) is 0 Å². The molecule has 1 atom stereocenters. The van der Waals surface area contributed by atoms with Crippen molar-refractivity contribution in [1.29, 1.82) is 0 Å². The molecule has 7 heteroatoms. The van der Waals surface area contributed by atoms with Gasteiger partial charge in [-0.25, -0.2) is 9.78 Å². The number of rotatable bonds is 5. The molecule has 142 valence electrons. The molecule has 0 aliphatic carbocycles. The van der Waals surface area contributed by atoms with Gasteiger partial charge in [-0.15, -0.1) is 0 Å². The van der Waals surface area contributed by atoms with Crippen LogP contribution >= 0.6 is 11.6 Å². The largest absolute Gasteiger partial charge is 0.449 e. The summed E-state index contributed by atoms with van der Waals surface area (Å²) in [6.07, 6.45) is 4.22. The number of hydrogen-bond acceptors (Lipinski definition) is 5. The lowest BCUT2D eigenvalue weighted by Gasteiger charge is -2.28. The van der Waals surface area contributed by atoms with Crippen LogP contribution in [0.15, 0.2) is 42.6 Å². The smallest absolute Gasteiger partial charge is 0.342 e. The Labute approximate surface area is 163 Å². The molecule has 0 unspecified atom stereocenters. The molecule has 3 rings (SSSR count). The second-order valence-electron chi connectivity index (χ2n) is 6.47. The predicted molar refractivity (Wildman–Crippen MR) is 105 cm³/mol. The Morgan fingerprint density at radius 1 is 1.15 bits per heavy atom. The summed E-state index contributed by atoms with van der Waals surface area (Å²) in [5.41, 5.74) is 1.94. The fourth-order valence-corrected chi connectivity index (χ4v) is 3.16. The highest BCUT2D eigenvalue weighted by molar-refractivity contribution is 6.32. The number of nitrogens with zero attached hydrogens (tertiary/aromatic N) is 2. The SMILES string of the molecule is C[C@@H](OC(=O)c1cccnc1Cl)C(=O)Nc1ccc(N2CCCCC2)cc1. The molecule has 0 saturated carbocycles. The summed E-state index contributed by atoms with van der Waals surface area (Å²) < 4.78 is 5.19. The van der Waals surface area contributed by atoms with Gasteiger partial charge >= 0.3 is 5.97 Å². The molecule has 6 nitrogen and oxygen atoms in total. The maximum atomic E-state index is 12.3. The van der Waals surface area contributed by atoms with Crippen LogP contribution in [0.5, 0.6) is 0 Å². The zero-order valence-corrected chi connectivity index (χ0v) is 15.9. The van der Waals surface area contributed by atoms with Gasteiger partial charge in [0, 0.05) is 30.7 Å². The van der Waals surface area contributed by atoms with Crippen LogP contribution in [0.4, 0.5) is 11.4 Å². The van der Waals surface area contributed by atoms with Crippen LogP contribution < -0.4 is 10.2 Å². The molecule has 1 aliphatic heterocycles. The van der Waals surface area contributed by atoms with Crippen LogP contribution in [0.1, 0.15) is 36.5 Å². The number of anilines is 2. The van der Waals surface area contributed by atoms with Gasteiger partial charge in [0.1, 0.15) is 5.15 Å². The van der Waals surface area contributed by atoms with Crippen molar-refractivity contribution in [3.05, 3.63) is 53.3 Å². The van der Waals surface area contributed by atoms with E-state index in [9.17, 15) is 9.59 Å². The third kappa shape index (κ3) is 4.98. The van der Waals surface area contributed by atoms with E-state index in [-0.39, 0.29) is 10.7 Å². The molecule has 1 fully saturated rings. The van der Waals surface area contributed by atoms with Crippen molar-refractivity contribution in [3.8, 4) is 0 Å². The van der Waals surface area contributed by atoms with Crippen molar-refractivity contribution >= 4 is 34.9 Å². The summed E-state index contributed by atoms with van der Waals surface area (Å²) in [4.78, 5) is 30.6. The number of aromatic nitrogens is 1. The third-order valence-corrected chi connectivity index (χ3v) is 4.79. The average molecular weight is 388 g/mol. The van der Waals surface area contributed by atoms with Crippen LogP contribution in [0.25, 0.3) is 0 Å². The van der Waals surface area contributed by atoms with Crippen LogP contribution in [0.2, 0.25) is 5.15 Å². The molecule has 0 spiro atoms. The van der Waals surface area contributed by atoms with Gasteiger partial charge in [0.2, 0.25) is 0 Å². The number of carbonyl (C=O) groups is 2. The molecule has 0 radical (unpaired) electrons. The van der Waals surface area contributed by atoms with Crippen molar-refractivity contribution in [2.75, 3.05) is 23.3 Å². The minimum atomic E-state index is -0.962. The summed E-state index contributed by atoms with van der Waals surface area (Å²) in [5.74, 6) is -1.09. The third-order valence-electron chi connectivity index (χ3n) is 4.49. The Morgan fingerprint density at radius 2 is 1.85 bits per heavy atom. The quantitative estimate of drug-likeness (QED) is 0.622. The summed E-state index contributed by atoms with van der Waals surface area (Å²) in [6, 6.07) is 10.8. The van der Waals surface area contributed by atoms with Crippen LogP contribution in [-0.4, -0.2) is 36.1 Å². The molecule has 0 bridgehead atoms. The minimum Gasteiger partial charge on any atom is -0.449 e. The number of amides is 1. The average Bonchev–Trinajstić information content (AvgIpc) is 2.69. The van der Waals surface area contributed by atoms with Gasteiger partial charge in [-0.1, -0.05) is 11.6 Å². The van der Waals surface area contributed by atoms with Gasteiger partial charge in [0.15, 0.2) is 6.10 Å². The summed E-state index contributed by atoms with van der Waals surface area (Å²) in [6.45, 7) is 3.64. The second kappa shape index (κ2) is 8.86. The molecule has 1 saturated heterocycles. The zero-order chi connectivity index (χ0) is 19.2. The first-order chi connectivity index (χ1) is 13.0. The fraction of sp³-hybridized carbons (Fsp3) is 0.350. The first-order valence-electron chi connectivity index (χ1n) is 9.02. The lowest BCUT2D eigenvalue weighted by Crippen LogP contribution is -2.30. The summed E-state index contributed by atoms with van der Waals surface area (Å²) >= 11 is 5.87. The monoisotopic (exact) mass is 387 g/mol. The number of pyridine rings is 1. The lowest BCUT2D eigenvalue weighted by molar-refractivity contribution is -0.123. The number of esters is 1. The van der Waals surface area contributed by atoms with E-state index in [0.29, 0.717) is 5.69 Å². The summed E-state index contributed by atoms with van der Waals surface area (Å²) in [7, 11) is 0. The van der Waals surface area contributed by atoms with Gasteiger partial charge in [-0.05, 0) is 62.6 Å². The number of hydrogen-bond donors (Lipinski definition) is 1. The van der Waals surface area contributed by atoms with Gasteiger partial charge < -0.3 is 15.0 Å². The highest BCUT2D eigenvalue weighted by atomic mass is 35.5. The Morgan fingerprint density at radius 3 is 2.52 bits per heavy atom. The van der Waals surface area contributed by atoms with E-state index in [1.807, 2.05) is 24.3 Å². The number of piperidine rings is 1. The Hall–Kier alpha value is -2.60. The molecule has 27 heavy (non-hydrogen) atoms. The second-order valence-corrected chi connectivity index (χ2v) is 6.83. The van der Waals surface area contributed by atoms with E-state index in [1.54, 1.807) is 6.07 Å². The van der Waals surface area contributed by atoms with E-state index in [2.05, 4.69) is 15.2 Å². The van der Waals surface area contributed by atoms with E-state index in [1.165, 1.54) is 38.4 Å². The maximum Gasteiger partial charge on any atom is 0.342 e. The predicted octanol–water partition coefficient (Wildman–Crippen LogP) is 3.91. The molecule has 1 N–H and O–H groups in total. The van der Waals surface area contributed by atoms with Gasteiger partial charge in [0.25, 0.3) is 5.91 Å². The number of halogens is 1. The van der Waals surface area contributed by atoms with Gasteiger partial charge in [0.05, 0.1) is 5.56 Å². The number of benzene rings is 1.